The lowest BCUT2D eigenvalue weighted by molar-refractivity contribution is -0.00313. The number of hydrogen-bond acceptors (Lipinski definition) is 5. The van der Waals surface area contributed by atoms with Gasteiger partial charge in [0.1, 0.15) is 6.17 Å². The molecule has 1 aromatic heterocycles. The second-order valence-electron chi connectivity index (χ2n) is 8.72. The topological polar surface area (TPSA) is 108 Å². The van der Waals surface area contributed by atoms with Gasteiger partial charge in [0.05, 0.1) is 28.1 Å². The quantitative estimate of drug-likeness (QED) is 0.580. The van der Waals surface area contributed by atoms with Crippen molar-refractivity contribution in [1.82, 2.24) is 4.98 Å². The lowest BCUT2D eigenvalue weighted by Crippen LogP contribution is -2.37. The Labute approximate surface area is 160 Å². The SMILES string of the molecule is CC(C)(O)C1CCC(Nc2ccnc(C[C@@H](F)C(C)(C)O)c2C(N)=O)CC1. The van der Waals surface area contributed by atoms with Gasteiger partial charge in [0.25, 0.3) is 5.91 Å². The number of primary amides is 1. The van der Waals surface area contributed by atoms with E-state index in [1.54, 1.807) is 6.07 Å². The average Bonchev–Trinajstić information content (AvgIpc) is 2.53. The molecule has 5 N–H and O–H groups in total. The number of carbonyl (C=O) groups is 1. The van der Waals surface area contributed by atoms with Gasteiger partial charge in [-0.05, 0) is 65.4 Å². The van der Waals surface area contributed by atoms with Crippen LogP contribution in [0.5, 0.6) is 0 Å². The molecule has 1 fully saturated rings. The molecule has 7 heteroatoms. The van der Waals surface area contributed by atoms with Crippen LogP contribution in [0.4, 0.5) is 10.1 Å². The fraction of sp³-hybridized carbons (Fsp3) is 0.700. The van der Waals surface area contributed by atoms with Crippen molar-refractivity contribution in [2.75, 3.05) is 5.32 Å². The molecule has 0 unspecified atom stereocenters. The van der Waals surface area contributed by atoms with Gasteiger partial charge < -0.3 is 21.3 Å². The van der Waals surface area contributed by atoms with Gasteiger partial charge in [-0.2, -0.15) is 0 Å². The zero-order valence-corrected chi connectivity index (χ0v) is 16.6. The summed E-state index contributed by atoms with van der Waals surface area (Å²) in [6, 6.07) is 1.82. The van der Waals surface area contributed by atoms with Crippen LogP contribution in [0.1, 0.15) is 69.4 Å². The maximum atomic E-state index is 14.3. The zero-order valence-electron chi connectivity index (χ0n) is 16.6. The molecular formula is C20H32FN3O3. The summed E-state index contributed by atoms with van der Waals surface area (Å²) in [5.74, 6) is -0.424. The Kier molecular flexibility index (Phi) is 6.47. The summed E-state index contributed by atoms with van der Waals surface area (Å²) in [4.78, 5) is 16.1. The first-order chi connectivity index (χ1) is 12.4. The molecule has 1 aliphatic rings. The summed E-state index contributed by atoms with van der Waals surface area (Å²) >= 11 is 0. The molecule has 1 heterocycles. The smallest absolute Gasteiger partial charge is 0.252 e. The van der Waals surface area contributed by atoms with Gasteiger partial charge in [-0.15, -0.1) is 0 Å². The van der Waals surface area contributed by atoms with Gasteiger partial charge in [-0.25, -0.2) is 4.39 Å². The van der Waals surface area contributed by atoms with E-state index in [1.807, 2.05) is 13.8 Å². The van der Waals surface area contributed by atoms with Crippen LogP contribution >= 0.6 is 0 Å². The van der Waals surface area contributed by atoms with Crippen LogP contribution in [-0.4, -0.2) is 44.5 Å². The molecule has 0 spiro atoms. The molecular weight excluding hydrogens is 349 g/mol. The van der Waals surface area contributed by atoms with E-state index in [2.05, 4.69) is 10.3 Å². The first-order valence-corrected chi connectivity index (χ1v) is 9.52. The number of halogens is 1. The van der Waals surface area contributed by atoms with E-state index in [9.17, 15) is 19.4 Å². The zero-order chi connectivity index (χ0) is 20.4. The molecule has 27 heavy (non-hydrogen) atoms. The van der Waals surface area contributed by atoms with Crippen molar-refractivity contribution in [3.63, 3.8) is 0 Å². The predicted octanol–water partition coefficient (Wildman–Crippen LogP) is 2.57. The van der Waals surface area contributed by atoms with Crippen molar-refractivity contribution in [2.24, 2.45) is 11.7 Å². The van der Waals surface area contributed by atoms with Crippen LogP contribution in [-0.2, 0) is 6.42 Å². The van der Waals surface area contributed by atoms with E-state index in [0.717, 1.165) is 25.7 Å². The summed E-state index contributed by atoms with van der Waals surface area (Å²) < 4.78 is 14.3. The largest absolute Gasteiger partial charge is 0.390 e. The number of pyridine rings is 1. The van der Waals surface area contributed by atoms with Gasteiger partial charge >= 0.3 is 0 Å². The minimum absolute atomic E-state index is 0.146. The number of carbonyl (C=O) groups excluding carboxylic acids is 1. The Morgan fingerprint density at radius 1 is 1.30 bits per heavy atom. The van der Waals surface area contributed by atoms with E-state index < -0.39 is 23.3 Å². The lowest BCUT2D eigenvalue weighted by atomic mass is 9.77. The van der Waals surface area contributed by atoms with E-state index in [4.69, 9.17) is 5.73 Å². The number of hydrogen-bond donors (Lipinski definition) is 4. The summed E-state index contributed by atoms with van der Waals surface area (Å²) in [6.45, 7) is 6.43. The van der Waals surface area contributed by atoms with Crippen LogP contribution in [0.25, 0.3) is 0 Å². The average molecular weight is 381 g/mol. The van der Waals surface area contributed by atoms with Crippen molar-refractivity contribution >= 4 is 11.6 Å². The summed E-state index contributed by atoms with van der Waals surface area (Å²) in [5, 5.41) is 23.4. The highest BCUT2D eigenvalue weighted by atomic mass is 19.1. The van der Waals surface area contributed by atoms with E-state index >= 15 is 0 Å². The second kappa shape index (κ2) is 8.10. The fourth-order valence-electron chi connectivity index (χ4n) is 3.64. The Morgan fingerprint density at radius 2 is 1.89 bits per heavy atom. The molecule has 1 amide bonds. The Hall–Kier alpha value is -1.73. The van der Waals surface area contributed by atoms with Crippen molar-refractivity contribution in [1.29, 1.82) is 0 Å². The van der Waals surface area contributed by atoms with Crippen molar-refractivity contribution in [3.05, 3.63) is 23.5 Å². The molecule has 1 saturated carbocycles. The van der Waals surface area contributed by atoms with Crippen molar-refractivity contribution in [2.45, 2.75) is 83.2 Å². The molecule has 0 saturated heterocycles. The molecule has 6 nitrogen and oxygen atoms in total. The minimum Gasteiger partial charge on any atom is -0.390 e. The van der Waals surface area contributed by atoms with Gasteiger partial charge in [0, 0.05) is 18.7 Å². The molecule has 0 bridgehead atoms. The van der Waals surface area contributed by atoms with Gasteiger partial charge in [-0.1, -0.05) is 0 Å². The summed E-state index contributed by atoms with van der Waals surface area (Å²) in [6.07, 6.45) is 3.25. The number of nitrogens with two attached hydrogens (primary N) is 1. The number of anilines is 1. The molecule has 0 aromatic carbocycles. The van der Waals surface area contributed by atoms with Gasteiger partial charge in [0.15, 0.2) is 0 Å². The van der Waals surface area contributed by atoms with Gasteiger partial charge in [0.2, 0.25) is 0 Å². The third-order valence-corrected chi connectivity index (χ3v) is 5.50. The standard InChI is InChI=1S/C20H32FN3O3/c1-19(2,26)12-5-7-13(8-6-12)24-14-9-10-23-15(17(14)18(22)25)11-16(21)20(3,4)27/h9-10,12-13,16,26-27H,5-8,11H2,1-4H3,(H2,22,25)(H,23,24)/t12?,13?,16-/m1/s1. The Morgan fingerprint density at radius 3 is 2.37 bits per heavy atom. The van der Waals surface area contributed by atoms with Crippen LogP contribution in [0.2, 0.25) is 0 Å². The lowest BCUT2D eigenvalue weighted by Gasteiger charge is -2.36. The minimum atomic E-state index is -1.57. The van der Waals surface area contributed by atoms with E-state index in [-0.39, 0.29) is 29.6 Å². The number of nitrogens with one attached hydrogen (secondary N) is 1. The molecule has 2 rings (SSSR count). The number of nitrogens with zero attached hydrogens (tertiary/aromatic N) is 1. The molecule has 1 atom stereocenters. The van der Waals surface area contributed by atoms with Crippen molar-refractivity contribution < 1.29 is 19.4 Å². The molecule has 1 aromatic rings. The molecule has 152 valence electrons. The van der Waals surface area contributed by atoms with Gasteiger partial charge in [-0.3, -0.25) is 9.78 Å². The molecule has 1 aliphatic carbocycles. The predicted molar refractivity (Wildman–Crippen MR) is 103 cm³/mol. The second-order valence-corrected chi connectivity index (χ2v) is 8.72. The number of aromatic nitrogens is 1. The monoisotopic (exact) mass is 381 g/mol. The number of amides is 1. The maximum Gasteiger partial charge on any atom is 0.252 e. The first-order valence-electron chi connectivity index (χ1n) is 9.52. The first kappa shape index (κ1) is 21.6. The fourth-order valence-corrected chi connectivity index (χ4v) is 3.64. The van der Waals surface area contributed by atoms with Crippen LogP contribution in [0, 0.1) is 5.92 Å². The normalized spacial score (nSPS) is 22.3. The maximum absolute atomic E-state index is 14.3. The molecule has 0 radical (unpaired) electrons. The highest BCUT2D eigenvalue weighted by Crippen LogP contribution is 2.34. The van der Waals surface area contributed by atoms with E-state index in [1.165, 1.54) is 20.0 Å². The number of alkyl halides is 1. The Bertz CT molecular complexity index is 659. The molecule has 0 aliphatic heterocycles. The number of rotatable bonds is 7. The summed E-state index contributed by atoms with van der Waals surface area (Å²) in [5.41, 5.74) is 4.28. The van der Waals surface area contributed by atoms with Crippen LogP contribution in [0.15, 0.2) is 12.3 Å². The van der Waals surface area contributed by atoms with E-state index in [0.29, 0.717) is 5.69 Å². The summed E-state index contributed by atoms with van der Waals surface area (Å²) in [7, 11) is 0. The van der Waals surface area contributed by atoms with Crippen LogP contribution < -0.4 is 11.1 Å². The third kappa shape index (κ3) is 5.62. The third-order valence-electron chi connectivity index (χ3n) is 5.50. The highest BCUT2D eigenvalue weighted by Gasteiger charge is 2.32. The Balaban J connectivity index is 2.16. The number of aliphatic hydroxyl groups is 2. The van der Waals surface area contributed by atoms with Crippen LogP contribution in [0.3, 0.4) is 0 Å². The van der Waals surface area contributed by atoms with Crippen molar-refractivity contribution in [3.8, 4) is 0 Å². The highest BCUT2D eigenvalue weighted by molar-refractivity contribution is 5.99.